The van der Waals surface area contributed by atoms with Crippen LogP contribution in [0.2, 0.25) is 0 Å². The van der Waals surface area contributed by atoms with E-state index < -0.39 is 17.6 Å². The summed E-state index contributed by atoms with van der Waals surface area (Å²) < 4.78 is 45.9. The summed E-state index contributed by atoms with van der Waals surface area (Å²) in [5.41, 5.74) is -0.226. The monoisotopic (exact) mass is 454 g/mol. The van der Waals surface area contributed by atoms with E-state index in [1.807, 2.05) is 0 Å². The van der Waals surface area contributed by atoms with Crippen molar-refractivity contribution in [2.45, 2.75) is 6.18 Å². The normalized spacial score (nSPS) is 11.3. The van der Waals surface area contributed by atoms with Gasteiger partial charge in [-0.05, 0) is 42.5 Å². The first kappa shape index (κ1) is 21.9. The number of amides is 2. The van der Waals surface area contributed by atoms with Gasteiger partial charge in [0.15, 0.2) is 0 Å². The number of rotatable bonds is 5. The molecule has 0 aliphatic heterocycles. The van der Waals surface area contributed by atoms with Crippen molar-refractivity contribution in [1.82, 2.24) is 15.3 Å². The number of carbonyl (C=O) groups is 2. The maximum absolute atomic E-state index is 13.4. The number of benzene rings is 2. The first-order chi connectivity index (χ1) is 15.8. The molecule has 0 spiro atoms. The highest BCUT2D eigenvalue weighted by Gasteiger charge is 2.34. The Bertz CT molecular complexity index is 1330. The van der Waals surface area contributed by atoms with Crippen molar-refractivity contribution in [3.8, 4) is 11.5 Å². The zero-order valence-electron chi connectivity index (χ0n) is 17.2. The molecule has 2 aromatic carbocycles. The second-order valence-corrected chi connectivity index (χ2v) is 6.96. The van der Waals surface area contributed by atoms with Crippen molar-refractivity contribution < 1.29 is 27.5 Å². The number of halogens is 3. The number of nitrogens with one attached hydrogen (secondary N) is 3. The Morgan fingerprint density at radius 2 is 1.76 bits per heavy atom. The molecule has 0 unspecified atom stereocenters. The van der Waals surface area contributed by atoms with Crippen molar-refractivity contribution in [1.29, 1.82) is 0 Å². The van der Waals surface area contributed by atoms with Crippen molar-refractivity contribution in [3.05, 3.63) is 83.8 Å². The van der Waals surface area contributed by atoms with E-state index >= 15 is 0 Å². The van der Waals surface area contributed by atoms with Gasteiger partial charge in [-0.1, -0.05) is 6.07 Å². The van der Waals surface area contributed by atoms with Gasteiger partial charge in [-0.3, -0.25) is 14.6 Å². The molecule has 10 heteroatoms. The third-order valence-electron chi connectivity index (χ3n) is 4.79. The number of hydrogen-bond acceptors (Lipinski definition) is 4. The van der Waals surface area contributed by atoms with Crippen molar-refractivity contribution >= 4 is 28.4 Å². The van der Waals surface area contributed by atoms with Crippen molar-refractivity contribution in [2.75, 3.05) is 12.4 Å². The summed E-state index contributed by atoms with van der Waals surface area (Å²) in [5, 5.41) is 4.88. The highest BCUT2D eigenvalue weighted by Crippen LogP contribution is 2.36. The van der Waals surface area contributed by atoms with Crippen LogP contribution in [-0.2, 0) is 6.18 Å². The van der Waals surface area contributed by atoms with Gasteiger partial charge >= 0.3 is 6.18 Å². The molecule has 0 saturated heterocycles. The molecule has 0 saturated carbocycles. The van der Waals surface area contributed by atoms with Crippen LogP contribution in [-0.4, -0.2) is 28.8 Å². The van der Waals surface area contributed by atoms with Crippen molar-refractivity contribution in [2.24, 2.45) is 0 Å². The number of aromatic nitrogens is 2. The number of H-pyrrole nitrogens is 1. The first-order valence-electron chi connectivity index (χ1n) is 9.71. The molecule has 4 rings (SSSR count). The number of ether oxygens (including phenoxy) is 1. The third kappa shape index (κ3) is 4.64. The minimum absolute atomic E-state index is 0.114. The smallest absolute Gasteiger partial charge is 0.417 e. The van der Waals surface area contributed by atoms with Gasteiger partial charge in [-0.15, -0.1) is 0 Å². The lowest BCUT2D eigenvalue weighted by molar-refractivity contribution is -0.136. The van der Waals surface area contributed by atoms with Gasteiger partial charge in [-0.2, -0.15) is 13.2 Å². The quantitative estimate of drug-likeness (QED) is 0.396. The summed E-state index contributed by atoms with van der Waals surface area (Å²) in [5.74, 6) is -0.229. The van der Waals surface area contributed by atoms with Crippen LogP contribution in [0.25, 0.3) is 10.9 Å². The predicted octanol–water partition coefficient (Wildman–Crippen LogP) is 4.99. The van der Waals surface area contributed by atoms with Crippen LogP contribution in [0, 0.1) is 0 Å². The lowest BCUT2D eigenvalue weighted by atomic mass is 10.1. The second kappa shape index (κ2) is 8.65. The summed E-state index contributed by atoms with van der Waals surface area (Å²) >= 11 is 0. The largest absolute Gasteiger partial charge is 0.457 e. The van der Waals surface area contributed by atoms with Crippen LogP contribution >= 0.6 is 0 Å². The van der Waals surface area contributed by atoms with E-state index in [0.29, 0.717) is 17.2 Å². The molecule has 0 bridgehead atoms. The zero-order chi connectivity index (χ0) is 23.6. The molecule has 0 aliphatic rings. The number of aromatic amines is 1. The van der Waals surface area contributed by atoms with E-state index in [1.54, 1.807) is 30.3 Å². The molecule has 168 valence electrons. The number of alkyl halides is 3. The maximum Gasteiger partial charge on any atom is 0.417 e. The molecule has 4 aromatic rings. The van der Waals surface area contributed by atoms with Gasteiger partial charge in [0.05, 0.1) is 11.1 Å². The molecule has 2 amide bonds. The van der Waals surface area contributed by atoms with Crippen LogP contribution in [0.4, 0.5) is 18.9 Å². The highest BCUT2D eigenvalue weighted by atomic mass is 19.4. The number of pyridine rings is 1. The first-order valence-corrected chi connectivity index (χ1v) is 9.71. The fourth-order valence-electron chi connectivity index (χ4n) is 3.27. The molecule has 2 heterocycles. The standard InChI is InChI=1S/C23H17F3N4O3/c1-27-22(32)19-11-15(9-10-28-19)33-14-7-5-13(6-8-14)30-21(31)16-12-29-18-4-2-3-17(20(16)18)23(24,25)26/h2-12,29H,1H3,(H,27,32)(H,30,31). The molecular weight excluding hydrogens is 437 g/mol. The molecule has 3 N–H and O–H groups in total. The van der Waals surface area contributed by atoms with E-state index in [2.05, 4.69) is 20.6 Å². The molecule has 2 aromatic heterocycles. The summed E-state index contributed by atoms with van der Waals surface area (Å²) in [6.07, 6.45) is -1.91. The second-order valence-electron chi connectivity index (χ2n) is 6.96. The Morgan fingerprint density at radius 1 is 1.00 bits per heavy atom. The van der Waals surface area contributed by atoms with Crippen molar-refractivity contribution in [3.63, 3.8) is 0 Å². The lowest BCUT2D eigenvalue weighted by Crippen LogP contribution is -2.18. The number of hydrogen-bond donors (Lipinski definition) is 3. The fourth-order valence-corrected chi connectivity index (χ4v) is 3.27. The lowest BCUT2D eigenvalue weighted by Gasteiger charge is -2.11. The Labute approximate surface area is 185 Å². The van der Waals surface area contributed by atoms with Crippen LogP contribution < -0.4 is 15.4 Å². The van der Waals surface area contributed by atoms with Gasteiger partial charge in [0, 0.05) is 42.1 Å². The van der Waals surface area contributed by atoms with E-state index in [1.165, 1.54) is 37.6 Å². The molecule has 7 nitrogen and oxygen atoms in total. The molecule has 0 fully saturated rings. The topological polar surface area (TPSA) is 96.1 Å². The van der Waals surface area contributed by atoms with Gasteiger partial charge in [0.1, 0.15) is 17.2 Å². The van der Waals surface area contributed by atoms with Gasteiger partial charge in [0.25, 0.3) is 11.8 Å². The summed E-state index contributed by atoms with van der Waals surface area (Å²) in [7, 11) is 1.49. The number of carbonyl (C=O) groups excluding carboxylic acids is 2. The van der Waals surface area contributed by atoms with E-state index in [4.69, 9.17) is 4.74 Å². The average molecular weight is 454 g/mol. The Kier molecular flexibility index (Phi) is 5.74. The molecule has 0 aliphatic carbocycles. The predicted molar refractivity (Wildman–Crippen MR) is 115 cm³/mol. The van der Waals surface area contributed by atoms with Crippen LogP contribution in [0.5, 0.6) is 11.5 Å². The summed E-state index contributed by atoms with van der Waals surface area (Å²) in [4.78, 5) is 31.0. The molecular formula is C23H17F3N4O3. The number of nitrogens with zero attached hydrogens (tertiary/aromatic N) is 1. The minimum Gasteiger partial charge on any atom is -0.457 e. The highest BCUT2D eigenvalue weighted by molar-refractivity contribution is 6.13. The van der Waals surface area contributed by atoms with E-state index in [0.717, 1.165) is 6.07 Å². The summed E-state index contributed by atoms with van der Waals surface area (Å²) in [6, 6.07) is 13.0. The minimum atomic E-state index is -4.60. The fraction of sp³-hybridized carbons (Fsp3) is 0.0870. The van der Waals surface area contributed by atoms with Crippen LogP contribution in [0.15, 0.2) is 67.0 Å². The van der Waals surface area contributed by atoms with Crippen LogP contribution in [0.3, 0.4) is 0 Å². The van der Waals surface area contributed by atoms with Crippen LogP contribution in [0.1, 0.15) is 26.4 Å². The Morgan fingerprint density at radius 3 is 2.45 bits per heavy atom. The summed E-state index contributed by atoms with van der Waals surface area (Å²) in [6.45, 7) is 0. The zero-order valence-corrected chi connectivity index (χ0v) is 17.2. The SMILES string of the molecule is CNC(=O)c1cc(Oc2ccc(NC(=O)c3c[nH]c4cccc(C(F)(F)F)c34)cc2)ccn1. The average Bonchev–Trinajstić information content (AvgIpc) is 3.24. The Balaban J connectivity index is 1.51. The van der Waals surface area contributed by atoms with E-state index in [-0.39, 0.29) is 28.1 Å². The Hall–Kier alpha value is -4.34. The molecule has 0 radical (unpaired) electrons. The van der Waals surface area contributed by atoms with Gasteiger partial charge in [0.2, 0.25) is 0 Å². The van der Waals surface area contributed by atoms with Gasteiger partial charge < -0.3 is 20.4 Å². The number of anilines is 1. The molecule has 33 heavy (non-hydrogen) atoms. The maximum atomic E-state index is 13.4. The van der Waals surface area contributed by atoms with Gasteiger partial charge in [-0.25, -0.2) is 0 Å². The number of fused-ring (bicyclic) bond motifs is 1. The molecule has 0 atom stereocenters. The third-order valence-corrected chi connectivity index (χ3v) is 4.79. The van der Waals surface area contributed by atoms with E-state index in [9.17, 15) is 22.8 Å².